The number of hydrogen-bond donors (Lipinski definition) is 1. The Hall–Kier alpha value is -1.53. The fourth-order valence-corrected chi connectivity index (χ4v) is 1.83. The zero-order chi connectivity index (χ0) is 13.1. The highest BCUT2D eigenvalue weighted by atomic mass is 19.2. The number of carbonyl (C=O) groups excluding carboxylic acids is 1. The van der Waals surface area contributed by atoms with Gasteiger partial charge in [0.1, 0.15) is 0 Å². The Bertz CT molecular complexity index is 453. The maximum atomic E-state index is 13.0. The van der Waals surface area contributed by atoms with Crippen molar-refractivity contribution in [1.29, 1.82) is 0 Å². The van der Waals surface area contributed by atoms with Crippen LogP contribution in [0.5, 0.6) is 0 Å². The van der Waals surface area contributed by atoms with Crippen LogP contribution >= 0.6 is 0 Å². The molecule has 0 bridgehead atoms. The molecule has 1 aromatic rings. The van der Waals surface area contributed by atoms with Crippen molar-refractivity contribution < 1.29 is 23.4 Å². The number of nitrogens with zero attached hydrogens (tertiary/aromatic N) is 1. The third kappa shape index (κ3) is 2.65. The van der Waals surface area contributed by atoms with E-state index < -0.39 is 23.6 Å². The van der Waals surface area contributed by atoms with Crippen molar-refractivity contribution in [1.82, 2.24) is 4.90 Å². The highest BCUT2D eigenvalue weighted by Crippen LogP contribution is 2.13. The Kier molecular flexibility index (Phi) is 3.88. The quantitative estimate of drug-likeness (QED) is 0.852. The van der Waals surface area contributed by atoms with Gasteiger partial charge in [-0.3, -0.25) is 4.79 Å². The summed E-state index contributed by atoms with van der Waals surface area (Å²) in [4.78, 5) is 13.5. The lowest BCUT2D eigenvalue weighted by Crippen LogP contribution is -2.46. The molecule has 1 atom stereocenters. The van der Waals surface area contributed by atoms with Gasteiger partial charge in [-0.25, -0.2) is 8.78 Å². The standard InChI is InChI=1S/C12H13F2NO3/c13-10-2-1-8(5-11(10)14)12(17)15-3-4-18-9(6-15)7-16/h1-2,5,9,16H,3-4,6-7H2. The van der Waals surface area contributed by atoms with E-state index in [2.05, 4.69) is 0 Å². The topological polar surface area (TPSA) is 49.8 Å². The molecule has 1 fully saturated rings. The number of aliphatic hydroxyl groups is 1. The number of carbonyl (C=O) groups is 1. The predicted molar refractivity (Wildman–Crippen MR) is 59.1 cm³/mol. The molecule has 1 aliphatic heterocycles. The third-order valence-corrected chi connectivity index (χ3v) is 2.80. The molecule has 2 rings (SSSR count). The number of amides is 1. The third-order valence-electron chi connectivity index (χ3n) is 2.80. The summed E-state index contributed by atoms with van der Waals surface area (Å²) in [7, 11) is 0. The summed E-state index contributed by atoms with van der Waals surface area (Å²) in [5.41, 5.74) is 0.0903. The SMILES string of the molecule is O=C(c1ccc(F)c(F)c1)N1CCOC(CO)C1. The summed E-state index contributed by atoms with van der Waals surface area (Å²) >= 11 is 0. The minimum absolute atomic E-state index is 0.0903. The average molecular weight is 257 g/mol. The second kappa shape index (κ2) is 5.41. The average Bonchev–Trinajstić information content (AvgIpc) is 2.41. The van der Waals surface area contributed by atoms with Gasteiger partial charge in [-0.15, -0.1) is 0 Å². The summed E-state index contributed by atoms with van der Waals surface area (Å²) in [6, 6.07) is 3.04. The van der Waals surface area contributed by atoms with E-state index in [1.807, 2.05) is 0 Å². The smallest absolute Gasteiger partial charge is 0.254 e. The van der Waals surface area contributed by atoms with Gasteiger partial charge < -0.3 is 14.7 Å². The van der Waals surface area contributed by atoms with Gasteiger partial charge in [0.25, 0.3) is 5.91 Å². The van der Waals surface area contributed by atoms with Gasteiger partial charge in [0.15, 0.2) is 11.6 Å². The zero-order valence-corrected chi connectivity index (χ0v) is 9.60. The van der Waals surface area contributed by atoms with Crippen LogP contribution in [0.1, 0.15) is 10.4 Å². The fourth-order valence-electron chi connectivity index (χ4n) is 1.83. The lowest BCUT2D eigenvalue weighted by molar-refractivity contribution is -0.0447. The molecule has 1 heterocycles. The molecule has 1 N–H and O–H groups in total. The van der Waals surface area contributed by atoms with Crippen molar-refractivity contribution in [2.45, 2.75) is 6.10 Å². The first kappa shape index (κ1) is 12.9. The van der Waals surface area contributed by atoms with Crippen LogP contribution in [-0.2, 0) is 4.74 Å². The number of ether oxygens (including phenoxy) is 1. The van der Waals surface area contributed by atoms with Crippen LogP contribution in [-0.4, -0.2) is 48.3 Å². The second-order valence-corrected chi connectivity index (χ2v) is 4.06. The van der Waals surface area contributed by atoms with Gasteiger partial charge in [0.2, 0.25) is 0 Å². The predicted octanol–water partition coefficient (Wildman–Crippen LogP) is 0.798. The number of hydrogen-bond acceptors (Lipinski definition) is 3. The van der Waals surface area contributed by atoms with Crippen molar-refractivity contribution in [2.75, 3.05) is 26.3 Å². The van der Waals surface area contributed by atoms with Crippen LogP contribution in [0.2, 0.25) is 0 Å². The fraction of sp³-hybridized carbons (Fsp3) is 0.417. The van der Waals surface area contributed by atoms with Crippen LogP contribution in [0.15, 0.2) is 18.2 Å². The molecule has 6 heteroatoms. The van der Waals surface area contributed by atoms with Gasteiger partial charge >= 0.3 is 0 Å². The Morgan fingerprint density at radius 2 is 2.22 bits per heavy atom. The molecule has 0 radical (unpaired) electrons. The number of benzene rings is 1. The molecule has 18 heavy (non-hydrogen) atoms. The Morgan fingerprint density at radius 3 is 2.89 bits per heavy atom. The van der Waals surface area contributed by atoms with Crippen molar-refractivity contribution in [3.05, 3.63) is 35.4 Å². The van der Waals surface area contributed by atoms with E-state index in [0.29, 0.717) is 13.2 Å². The maximum absolute atomic E-state index is 13.0. The van der Waals surface area contributed by atoms with Crippen molar-refractivity contribution in [3.63, 3.8) is 0 Å². The summed E-state index contributed by atoms with van der Waals surface area (Å²) < 4.78 is 31.0. The summed E-state index contributed by atoms with van der Waals surface area (Å²) in [5, 5.41) is 8.97. The van der Waals surface area contributed by atoms with Crippen molar-refractivity contribution in [3.8, 4) is 0 Å². The Labute approximate surface area is 103 Å². The van der Waals surface area contributed by atoms with Crippen LogP contribution < -0.4 is 0 Å². The minimum atomic E-state index is -1.05. The van der Waals surface area contributed by atoms with Gasteiger partial charge in [-0.2, -0.15) is 0 Å². The van der Waals surface area contributed by atoms with Crippen molar-refractivity contribution >= 4 is 5.91 Å². The maximum Gasteiger partial charge on any atom is 0.254 e. The van der Waals surface area contributed by atoms with E-state index in [0.717, 1.165) is 12.1 Å². The lowest BCUT2D eigenvalue weighted by Gasteiger charge is -2.32. The normalized spacial score (nSPS) is 19.9. The molecule has 4 nitrogen and oxygen atoms in total. The van der Waals surface area contributed by atoms with E-state index in [-0.39, 0.29) is 18.7 Å². The Morgan fingerprint density at radius 1 is 1.44 bits per heavy atom. The van der Waals surface area contributed by atoms with Gasteiger partial charge in [0.05, 0.1) is 19.3 Å². The van der Waals surface area contributed by atoms with E-state index in [1.165, 1.54) is 11.0 Å². The number of halogens is 2. The zero-order valence-electron chi connectivity index (χ0n) is 9.60. The first-order chi connectivity index (χ1) is 8.61. The molecule has 0 spiro atoms. The van der Waals surface area contributed by atoms with Crippen LogP contribution in [0.4, 0.5) is 8.78 Å². The largest absolute Gasteiger partial charge is 0.394 e. The van der Waals surface area contributed by atoms with E-state index in [4.69, 9.17) is 9.84 Å². The van der Waals surface area contributed by atoms with Crippen molar-refractivity contribution in [2.24, 2.45) is 0 Å². The van der Waals surface area contributed by atoms with Crippen LogP contribution in [0.3, 0.4) is 0 Å². The minimum Gasteiger partial charge on any atom is -0.394 e. The molecule has 1 aliphatic rings. The lowest BCUT2D eigenvalue weighted by atomic mass is 10.1. The second-order valence-electron chi connectivity index (χ2n) is 4.06. The van der Waals surface area contributed by atoms with Gasteiger partial charge in [-0.1, -0.05) is 0 Å². The molecule has 0 aromatic heterocycles. The number of rotatable bonds is 2. The summed E-state index contributed by atoms with van der Waals surface area (Å²) in [6.07, 6.45) is -0.423. The highest BCUT2D eigenvalue weighted by molar-refractivity contribution is 5.94. The monoisotopic (exact) mass is 257 g/mol. The highest BCUT2D eigenvalue weighted by Gasteiger charge is 2.25. The molecule has 1 aromatic carbocycles. The summed E-state index contributed by atoms with van der Waals surface area (Å²) in [6.45, 7) is 0.755. The molecule has 1 saturated heterocycles. The number of morpholine rings is 1. The molecule has 1 amide bonds. The van der Waals surface area contributed by atoms with Crippen LogP contribution in [0.25, 0.3) is 0 Å². The Balaban J connectivity index is 2.12. The molecular formula is C12H13F2NO3. The van der Waals surface area contributed by atoms with E-state index in [1.54, 1.807) is 0 Å². The van der Waals surface area contributed by atoms with E-state index >= 15 is 0 Å². The number of aliphatic hydroxyl groups excluding tert-OH is 1. The summed E-state index contributed by atoms with van der Waals surface area (Å²) in [5.74, 6) is -2.43. The molecule has 0 aliphatic carbocycles. The van der Waals surface area contributed by atoms with Gasteiger partial charge in [0, 0.05) is 18.7 Å². The van der Waals surface area contributed by atoms with Gasteiger partial charge in [-0.05, 0) is 18.2 Å². The molecular weight excluding hydrogens is 244 g/mol. The van der Waals surface area contributed by atoms with Crippen LogP contribution in [0, 0.1) is 11.6 Å². The van der Waals surface area contributed by atoms with E-state index in [9.17, 15) is 13.6 Å². The first-order valence-corrected chi connectivity index (χ1v) is 5.58. The first-order valence-electron chi connectivity index (χ1n) is 5.58. The molecule has 1 unspecified atom stereocenters. The molecule has 0 saturated carbocycles. The molecule has 98 valence electrons.